The number of non-ortho nitro benzene ring substituents is 1. The molecule has 112 valence electrons. The van der Waals surface area contributed by atoms with Crippen LogP contribution in [0.2, 0.25) is 0 Å². The summed E-state index contributed by atoms with van der Waals surface area (Å²) in [5.74, 6) is -0.580. The van der Waals surface area contributed by atoms with Crippen molar-refractivity contribution in [3.05, 3.63) is 69.3 Å². The molecular formula is C15H13N3O4. The molecule has 0 saturated carbocycles. The highest BCUT2D eigenvalue weighted by Crippen LogP contribution is 2.21. The first-order valence-electron chi connectivity index (χ1n) is 6.35. The molecule has 0 heterocycles. The molecule has 2 aromatic rings. The van der Waals surface area contributed by atoms with Crippen molar-refractivity contribution in [1.29, 1.82) is 0 Å². The van der Waals surface area contributed by atoms with E-state index in [-0.39, 0.29) is 17.0 Å². The first-order chi connectivity index (χ1) is 10.5. The van der Waals surface area contributed by atoms with Gasteiger partial charge in [-0.2, -0.15) is 5.10 Å². The maximum Gasteiger partial charge on any atom is 0.271 e. The topological polar surface area (TPSA) is 105 Å². The van der Waals surface area contributed by atoms with Crippen LogP contribution in [0.1, 0.15) is 21.5 Å². The second-order valence-corrected chi connectivity index (χ2v) is 4.57. The Morgan fingerprint density at radius 1 is 1.32 bits per heavy atom. The number of aromatic hydroxyl groups is 1. The Kier molecular flexibility index (Phi) is 4.47. The van der Waals surface area contributed by atoms with Crippen LogP contribution in [0, 0.1) is 17.0 Å². The zero-order valence-electron chi connectivity index (χ0n) is 11.7. The third-order valence-electron chi connectivity index (χ3n) is 2.87. The second kappa shape index (κ2) is 6.49. The van der Waals surface area contributed by atoms with Gasteiger partial charge in [0.25, 0.3) is 11.6 Å². The van der Waals surface area contributed by atoms with E-state index in [0.29, 0.717) is 5.56 Å². The average molecular weight is 299 g/mol. The van der Waals surface area contributed by atoms with Gasteiger partial charge in [0, 0.05) is 23.3 Å². The molecule has 0 aliphatic heterocycles. The van der Waals surface area contributed by atoms with Gasteiger partial charge in [0.05, 0.1) is 11.1 Å². The molecular weight excluding hydrogens is 286 g/mol. The number of phenols is 1. The van der Waals surface area contributed by atoms with Crippen molar-refractivity contribution < 1.29 is 14.8 Å². The van der Waals surface area contributed by atoms with E-state index in [4.69, 9.17) is 0 Å². The molecule has 2 N–H and O–H groups in total. The molecule has 0 aliphatic carbocycles. The van der Waals surface area contributed by atoms with Crippen molar-refractivity contribution in [2.45, 2.75) is 6.92 Å². The van der Waals surface area contributed by atoms with Crippen LogP contribution >= 0.6 is 0 Å². The highest BCUT2D eigenvalue weighted by molar-refractivity contribution is 5.95. The molecule has 0 atom stereocenters. The number of hydrazone groups is 1. The molecule has 1 amide bonds. The normalized spacial score (nSPS) is 10.6. The Labute approximate surface area is 126 Å². The highest BCUT2D eigenvalue weighted by Gasteiger charge is 2.09. The third-order valence-corrected chi connectivity index (χ3v) is 2.87. The van der Waals surface area contributed by atoms with Crippen LogP contribution in [0.3, 0.4) is 0 Å². The number of aryl methyl sites for hydroxylation is 1. The molecule has 0 spiro atoms. The summed E-state index contributed by atoms with van der Waals surface area (Å²) in [5, 5.41) is 24.0. The average Bonchev–Trinajstić information content (AvgIpc) is 2.48. The largest absolute Gasteiger partial charge is 0.507 e. The summed E-state index contributed by atoms with van der Waals surface area (Å²) < 4.78 is 0. The van der Waals surface area contributed by atoms with Crippen molar-refractivity contribution in [2.24, 2.45) is 5.10 Å². The molecule has 0 fully saturated rings. The standard InChI is InChI=1S/C15H13N3O4/c1-10-3-2-4-11(7-10)15(20)17-16-9-12-8-13(18(21)22)5-6-14(12)19/h2-9,19H,1H3,(H,17,20)/b16-9+. The quantitative estimate of drug-likeness (QED) is 0.513. The lowest BCUT2D eigenvalue weighted by Crippen LogP contribution is -2.17. The molecule has 0 bridgehead atoms. The van der Waals surface area contributed by atoms with E-state index < -0.39 is 10.8 Å². The van der Waals surface area contributed by atoms with Crippen LogP contribution < -0.4 is 5.43 Å². The number of phenolic OH excluding ortho intramolecular Hbond substituents is 1. The molecule has 2 aromatic carbocycles. The van der Waals surface area contributed by atoms with E-state index in [0.717, 1.165) is 17.8 Å². The van der Waals surface area contributed by atoms with Gasteiger partial charge in [-0.3, -0.25) is 14.9 Å². The van der Waals surface area contributed by atoms with Gasteiger partial charge in [-0.1, -0.05) is 17.7 Å². The lowest BCUT2D eigenvalue weighted by atomic mass is 10.1. The number of carbonyl (C=O) groups excluding carboxylic acids is 1. The summed E-state index contributed by atoms with van der Waals surface area (Å²) in [4.78, 5) is 21.9. The lowest BCUT2D eigenvalue weighted by Gasteiger charge is -2.01. The van der Waals surface area contributed by atoms with Gasteiger partial charge in [-0.05, 0) is 25.1 Å². The number of nitrogens with zero attached hydrogens (tertiary/aromatic N) is 2. The zero-order valence-corrected chi connectivity index (χ0v) is 11.7. The molecule has 0 unspecified atom stereocenters. The number of nitrogens with one attached hydrogen (secondary N) is 1. The molecule has 7 heteroatoms. The van der Waals surface area contributed by atoms with Crippen molar-refractivity contribution in [1.82, 2.24) is 5.43 Å². The van der Waals surface area contributed by atoms with Crippen LogP contribution in [0.5, 0.6) is 5.75 Å². The van der Waals surface area contributed by atoms with Gasteiger partial charge in [0.15, 0.2) is 0 Å². The van der Waals surface area contributed by atoms with Gasteiger partial charge in [0.2, 0.25) is 0 Å². The smallest absolute Gasteiger partial charge is 0.271 e. The number of benzene rings is 2. The zero-order chi connectivity index (χ0) is 16.1. The van der Waals surface area contributed by atoms with E-state index in [9.17, 15) is 20.0 Å². The Bertz CT molecular complexity index is 756. The lowest BCUT2D eigenvalue weighted by molar-refractivity contribution is -0.384. The number of nitro groups is 1. The second-order valence-electron chi connectivity index (χ2n) is 4.57. The number of hydrogen-bond donors (Lipinski definition) is 2. The molecule has 22 heavy (non-hydrogen) atoms. The summed E-state index contributed by atoms with van der Waals surface area (Å²) in [7, 11) is 0. The Morgan fingerprint density at radius 3 is 2.77 bits per heavy atom. The van der Waals surface area contributed by atoms with Gasteiger partial charge >= 0.3 is 0 Å². The molecule has 0 saturated heterocycles. The predicted octanol–water partition coefficient (Wildman–Crippen LogP) is 2.37. The summed E-state index contributed by atoms with van der Waals surface area (Å²) >= 11 is 0. The molecule has 0 aromatic heterocycles. The van der Waals surface area contributed by atoms with Crippen LogP contribution in [0.15, 0.2) is 47.6 Å². The Morgan fingerprint density at radius 2 is 2.09 bits per heavy atom. The molecule has 0 radical (unpaired) electrons. The minimum atomic E-state index is -0.581. The van der Waals surface area contributed by atoms with E-state index in [1.165, 1.54) is 12.1 Å². The van der Waals surface area contributed by atoms with E-state index in [2.05, 4.69) is 10.5 Å². The Balaban J connectivity index is 2.11. The predicted molar refractivity (Wildman–Crippen MR) is 81.0 cm³/mol. The minimum absolute atomic E-state index is 0.138. The Hall–Kier alpha value is -3.22. The van der Waals surface area contributed by atoms with E-state index in [1.807, 2.05) is 13.0 Å². The monoisotopic (exact) mass is 299 g/mol. The van der Waals surface area contributed by atoms with Crippen LogP contribution in [0.4, 0.5) is 5.69 Å². The molecule has 0 aliphatic rings. The fourth-order valence-corrected chi connectivity index (χ4v) is 1.77. The molecule has 7 nitrogen and oxygen atoms in total. The minimum Gasteiger partial charge on any atom is -0.507 e. The number of nitro benzene ring substituents is 1. The van der Waals surface area contributed by atoms with Crippen LogP contribution in [0.25, 0.3) is 0 Å². The van der Waals surface area contributed by atoms with Gasteiger partial charge in [-0.15, -0.1) is 0 Å². The number of carbonyl (C=O) groups is 1. The summed E-state index contributed by atoms with van der Waals surface area (Å²) in [6.45, 7) is 1.86. The first kappa shape index (κ1) is 15.2. The number of rotatable bonds is 4. The summed E-state index contributed by atoms with van der Waals surface area (Å²) in [5.41, 5.74) is 3.64. The fraction of sp³-hybridized carbons (Fsp3) is 0.0667. The van der Waals surface area contributed by atoms with Gasteiger partial charge in [0.1, 0.15) is 5.75 Å². The van der Waals surface area contributed by atoms with Crippen LogP contribution in [-0.2, 0) is 0 Å². The van der Waals surface area contributed by atoms with Crippen molar-refractivity contribution in [2.75, 3.05) is 0 Å². The number of hydrogen-bond acceptors (Lipinski definition) is 5. The SMILES string of the molecule is Cc1cccc(C(=O)N/N=C/c2cc([N+](=O)[O-])ccc2O)c1. The van der Waals surface area contributed by atoms with Crippen molar-refractivity contribution >= 4 is 17.8 Å². The summed E-state index contributed by atoms with van der Waals surface area (Å²) in [6.07, 6.45) is 1.15. The van der Waals surface area contributed by atoms with Gasteiger partial charge < -0.3 is 5.11 Å². The van der Waals surface area contributed by atoms with Crippen LogP contribution in [-0.4, -0.2) is 22.2 Å². The third kappa shape index (κ3) is 3.66. The fourth-order valence-electron chi connectivity index (χ4n) is 1.77. The van der Waals surface area contributed by atoms with E-state index in [1.54, 1.807) is 18.2 Å². The first-order valence-corrected chi connectivity index (χ1v) is 6.35. The maximum atomic E-state index is 11.9. The highest BCUT2D eigenvalue weighted by atomic mass is 16.6. The molecule has 2 rings (SSSR count). The number of amides is 1. The van der Waals surface area contributed by atoms with E-state index >= 15 is 0 Å². The summed E-state index contributed by atoms with van der Waals surface area (Å²) in [6, 6.07) is 10.5. The van der Waals surface area contributed by atoms with Crippen molar-refractivity contribution in [3.63, 3.8) is 0 Å². The maximum absolute atomic E-state index is 11.9. The van der Waals surface area contributed by atoms with Gasteiger partial charge in [-0.25, -0.2) is 5.43 Å². The van der Waals surface area contributed by atoms with Crippen molar-refractivity contribution in [3.8, 4) is 5.75 Å².